The molecule has 0 aliphatic rings. The van der Waals surface area contributed by atoms with Crippen LogP contribution in [0, 0.1) is 0 Å². The first-order valence-corrected chi connectivity index (χ1v) is 25.5. The van der Waals surface area contributed by atoms with Crippen LogP contribution in [0.4, 0.5) is 11.4 Å². The summed E-state index contributed by atoms with van der Waals surface area (Å²) in [7, 11) is 0. The lowest BCUT2D eigenvalue weighted by Gasteiger charge is -2.31. The minimum atomic E-state index is -2.28. The van der Waals surface area contributed by atoms with Crippen LogP contribution < -0.4 is 21.9 Å². The van der Waals surface area contributed by atoms with Crippen molar-refractivity contribution in [2.45, 2.75) is 169 Å². The van der Waals surface area contributed by atoms with Crippen molar-refractivity contribution < 1.29 is 9.05 Å². The molecular formula is C43H87N6O2PS. The minimum Gasteiger partial charge on any atom is -0.397 e. The first-order chi connectivity index (χ1) is 25.9. The normalized spacial score (nSPS) is 12.1. The lowest BCUT2D eigenvalue weighted by atomic mass is 10.0. The Kier molecular flexibility index (Phi) is 33.8. The van der Waals surface area contributed by atoms with E-state index >= 15 is 0 Å². The fourth-order valence-corrected chi connectivity index (χ4v) is 9.99. The molecule has 0 aromatic heterocycles. The zero-order chi connectivity index (χ0) is 38.7. The summed E-state index contributed by atoms with van der Waals surface area (Å²) in [6, 6.07) is 7.79. The molecule has 0 radical (unpaired) electrons. The molecule has 53 heavy (non-hydrogen) atoms. The van der Waals surface area contributed by atoms with E-state index in [0.717, 1.165) is 69.8 Å². The molecule has 0 spiro atoms. The molecule has 0 aliphatic heterocycles. The third-order valence-corrected chi connectivity index (χ3v) is 14.2. The first-order valence-electron chi connectivity index (χ1n) is 22.1. The summed E-state index contributed by atoms with van der Waals surface area (Å²) < 4.78 is 12.6. The van der Waals surface area contributed by atoms with Crippen molar-refractivity contribution in [1.29, 1.82) is 0 Å². The van der Waals surface area contributed by atoms with Crippen LogP contribution in [0.1, 0.15) is 169 Å². The maximum atomic E-state index is 6.56. The molecule has 1 aromatic carbocycles. The number of nitrogens with zero attached hydrogens (tertiary/aromatic N) is 3. The molecule has 0 saturated carbocycles. The van der Waals surface area contributed by atoms with Gasteiger partial charge in [-0.3, -0.25) is 9.91 Å². The van der Waals surface area contributed by atoms with Crippen LogP contribution in [0.25, 0.3) is 0 Å². The number of nitrogens with two attached hydrogens (primary N) is 2. The zero-order valence-corrected chi connectivity index (χ0v) is 37.0. The molecule has 0 bridgehead atoms. The molecule has 0 amide bonds. The summed E-state index contributed by atoms with van der Waals surface area (Å²) in [5, 5.41) is 5.45. The Hall–Kier alpha value is -0.770. The monoisotopic (exact) mass is 783 g/mol. The second-order valence-corrected chi connectivity index (χ2v) is 19.7. The van der Waals surface area contributed by atoms with Crippen LogP contribution in [0.3, 0.4) is 0 Å². The molecule has 1 rings (SSSR count). The van der Waals surface area contributed by atoms with Gasteiger partial charge in [0, 0.05) is 6.54 Å². The van der Waals surface area contributed by atoms with E-state index in [-0.39, 0.29) is 0 Å². The average molecular weight is 783 g/mol. The highest BCUT2D eigenvalue weighted by molar-refractivity contribution is 8.57. The summed E-state index contributed by atoms with van der Waals surface area (Å²) in [6.45, 7) is 15.1. The maximum Gasteiger partial charge on any atom is 0.175 e. The van der Waals surface area contributed by atoms with E-state index in [4.69, 9.17) is 20.6 Å². The molecule has 1 aromatic rings. The molecule has 10 heteroatoms. The number of anilines is 2. The quantitative estimate of drug-likeness (QED) is 0.0150. The van der Waals surface area contributed by atoms with Gasteiger partial charge in [-0.25, -0.2) is 5.84 Å². The zero-order valence-electron chi connectivity index (χ0n) is 35.3. The van der Waals surface area contributed by atoms with Gasteiger partial charge in [-0.2, -0.15) is 0 Å². The van der Waals surface area contributed by atoms with Gasteiger partial charge in [-0.15, -0.1) is 0 Å². The third kappa shape index (κ3) is 28.3. The number of hydrazine groups is 1. The van der Waals surface area contributed by atoms with E-state index in [0.29, 0.717) is 25.6 Å². The van der Waals surface area contributed by atoms with Crippen LogP contribution >= 0.6 is 17.9 Å². The number of nitrogen functional groups attached to an aromatic ring is 1. The summed E-state index contributed by atoms with van der Waals surface area (Å²) in [4.78, 5) is 5.00. The maximum absolute atomic E-state index is 6.56. The third-order valence-electron chi connectivity index (χ3n) is 10.0. The number of para-hydroxylation sites is 2. The van der Waals surface area contributed by atoms with Gasteiger partial charge in [0.2, 0.25) is 0 Å². The highest BCUT2D eigenvalue weighted by Crippen LogP contribution is 2.60. The van der Waals surface area contributed by atoms with E-state index in [1.54, 1.807) is 16.4 Å². The predicted molar refractivity (Wildman–Crippen MR) is 241 cm³/mol. The lowest BCUT2D eigenvalue weighted by Crippen LogP contribution is -2.43. The van der Waals surface area contributed by atoms with Crippen LogP contribution in [0.2, 0.25) is 0 Å². The van der Waals surface area contributed by atoms with Crippen molar-refractivity contribution in [2.75, 3.05) is 75.8 Å². The van der Waals surface area contributed by atoms with Crippen LogP contribution in [-0.2, 0) is 9.05 Å². The molecule has 8 nitrogen and oxygen atoms in total. The Morgan fingerprint density at radius 2 is 1.08 bits per heavy atom. The topological polar surface area (TPSA) is 92.2 Å². The van der Waals surface area contributed by atoms with Gasteiger partial charge < -0.3 is 25.0 Å². The van der Waals surface area contributed by atoms with Crippen molar-refractivity contribution in [3.05, 3.63) is 24.3 Å². The average Bonchev–Trinajstić information content (AvgIpc) is 3.15. The predicted octanol–water partition coefficient (Wildman–Crippen LogP) is 11.7. The van der Waals surface area contributed by atoms with Gasteiger partial charge in [-0.1, -0.05) is 160 Å². The van der Waals surface area contributed by atoms with Crippen LogP contribution in [-0.4, -0.2) is 81.1 Å². The Morgan fingerprint density at radius 3 is 1.57 bits per heavy atom. The molecule has 0 aliphatic carbocycles. The number of unbranched alkanes of at least 4 members (excludes halogenated alkanes) is 17. The van der Waals surface area contributed by atoms with Crippen LogP contribution in [0.15, 0.2) is 24.3 Å². The lowest BCUT2D eigenvalue weighted by molar-refractivity contribution is 0.251. The van der Waals surface area contributed by atoms with E-state index in [2.05, 4.69) is 49.1 Å². The smallest absolute Gasteiger partial charge is 0.175 e. The molecular weight excluding hydrogens is 696 g/mol. The molecule has 0 fully saturated rings. The van der Waals surface area contributed by atoms with Gasteiger partial charge in [0.05, 0.1) is 37.1 Å². The molecule has 5 N–H and O–H groups in total. The van der Waals surface area contributed by atoms with Gasteiger partial charge in [0.15, 0.2) is 6.54 Å². The number of rotatable bonds is 40. The van der Waals surface area contributed by atoms with Gasteiger partial charge in [-0.05, 0) is 83.3 Å². The van der Waals surface area contributed by atoms with Gasteiger partial charge in [0.1, 0.15) is 0 Å². The van der Waals surface area contributed by atoms with Crippen LogP contribution in [0.5, 0.6) is 0 Å². The Bertz CT molecular complexity index is 978. The fourth-order valence-electron chi connectivity index (χ4n) is 6.49. The highest BCUT2D eigenvalue weighted by atomic mass is 32.7. The molecule has 312 valence electrons. The number of hydrogen-bond acceptors (Lipinski definition) is 9. The van der Waals surface area contributed by atoms with E-state index < -0.39 is 6.54 Å². The second-order valence-electron chi connectivity index (χ2n) is 15.0. The van der Waals surface area contributed by atoms with Crippen molar-refractivity contribution in [1.82, 2.24) is 15.1 Å². The van der Waals surface area contributed by atoms with E-state index in [9.17, 15) is 0 Å². The summed E-state index contributed by atoms with van der Waals surface area (Å²) in [5.74, 6) is 7.30. The largest absolute Gasteiger partial charge is 0.397 e. The SMILES string of the molecule is C=P(OCCCC)(OCCCC)SCN(CCCNCCCN(CC)CCCCCCCCCCCCCCCCCC)CN(N)c1ccccc1N. The molecule has 0 saturated heterocycles. The first kappa shape index (κ1) is 50.2. The summed E-state index contributed by atoms with van der Waals surface area (Å²) in [6.07, 6.45) is 33.7. The number of hydrogen-bond donors (Lipinski definition) is 3. The van der Waals surface area contributed by atoms with E-state index in [1.165, 1.54) is 122 Å². The van der Waals surface area contributed by atoms with Crippen molar-refractivity contribution in [3.63, 3.8) is 0 Å². The minimum absolute atomic E-state index is 0.565. The molecule has 0 unspecified atom stereocenters. The second kappa shape index (κ2) is 35.6. The van der Waals surface area contributed by atoms with Crippen molar-refractivity contribution >= 4 is 35.6 Å². The molecule has 0 heterocycles. The Balaban J connectivity index is 2.30. The van der Waals surface area contributed by atoms with Crippen molar-refractivity contribution in [3.8, 4) is 0 Å². The fraction of sp³-hybridized carbons (Fsp3) is 0.837. The van der Waals surface area contributed by atoms with E-state index in [1.807, 2.05) is 24.3 Å². The Labute approximate surface area is 333 Å². The molecule has 0 atom stereocenters. The summed E-state index contributed by atoms with van der Waals surface area (Å²) >= 11 is 1.71. The van der Waals surface area contributed by atoms with Crippen molar-refractivity contribution in [2.24, 2.45) is 5.84 Å². The number of benzene rings is 1. The standard InChI is InChI=1S/C43H87N6O2PS/c1-6-10-13-14-15-16-17-18-19-20-21-22-23-24-25-28-35-47(9-4)36-29-33-46-34-30-37-48(40-49(45)43-32-27-26-31-42(43)44)41-53-52(5,50-38-11-7-2)51-39-12-8-3/h26-27,31-32,46H,5-25,28-30,33-41,44-45H2,1-4H3. The summed E-state index contributed by atoms with van der Waals surface area (Å²) in [5.41, 5.74) is 7.79. The number of nitrogens with one attached hydrogen (secondary N) is 1. The van der Waals surface area contributed by atoms with Gasteiger partial charge in [0.25, 0.3) is 0 Å². The highest BCUT2D eigenvalue weighted by Gasteiger charge is 2.20. The Morgan fingerprint density at radius 1 is 0.623 bits per heavy atom. The van der Waals surface area contributed by atoms with Gasteiger partial charge >= 0.3 is 0 Å².